The van der Waals surface area contributed by atoms with Gasteiger partial charge in [0.05, 0.1) is 18.8 Å². The highest BCUT2D eigenvalue weighted by Gasteiger charge is 2.48. The van der Waals surface area contributed by atoms with E-state index in [1.807, 2.05) is 59.1 Å². The summed E-state index contributed by atoms with van der Waals surface area (Å²) in [4.78, 5) is 38.7. The van der Waals surface area contributed by atoms with Crippen molar-refractivity contribution >= 4 is 23.5 Å². The molecule has 10 nitrogen and oxygen atoms in total. The zero-order valence-electron chi connectivity index (χ0n) is 30.8. The summed E-state index contributed by atoms with van der Waals surface area (Å²) in [6.45, 7) is 10.1. The van der Waals surface area contributed by atoms with Crippen LogP contribution in [0.5, 0.6) is 11.5 Å². The Labute approximate surface area is 306 Å². The molecule has 52 heavy (non-hydrogen) atoms. The fraction of sp³-hybridized carbons (Fsp3) is 0.553. The molecule has 3 aliphatic rings. The molecule has 0 unspecified atom stereocenters. The lowest BCUT2D eigenvalue weighted by molar-refractivity contribution is -0.153. The molecule has 1 saturated heterocycles. The number of morpholine rings is 1. The van der Waals surface area contributed by atoms with Gasteiger partial charge < -0.3 is 29.4 Å². The molecule has 1 saturated carbocycles. The third kappa shape index (κ3) is 8.08. The van der Waals surface area contributed by atoms with Crippen molar-refractivity contribution in [2.75, 3.05) is 37.8 Å². The maximum absolute atomic E-state index is 13.9. The zero-order chi connectivity index (χ0) is 37.5. The maximum atomic E-state index is 13.9. The van der Waals surface area contributed by atoms with Crippen LogP contribution in [0.2, 0.25) is 0 Å². The van der Waals surface area contributed by atoms with Crippen molar-refractivity contribution in [2.24, 2.45) is 5.92 Å². The van der Waals surface area contributed by atoms with Crippen molar-refractivity contribution in [3.05, 3.63) is 63.2 Å². The summed E-state index contributed by atoms with van der Waals surface area (Å²) in [6.07, 6.45) is 1.93. The lowest BCUT2D eigenvalue weighted by atomic mass is 9.81. The van der Waals surface area contributed by atoms with Crippen molar-refractivity contribution < 1.29 is 32.2 Å². The molecule has 2 fully saturated rings. The van der Waals surface area contributed by atoms with Crippen molar-refractivity contribution in [3.63, 3.8) is 0 Å². The van der Waals surface area contributed by atoms with E-state index in [0.717, 1.165) is 22.0 Å². The van der Waals surface area contributed by atoms with Gasteiger partial charge in [0.15, 0.2) is 11.5 Å². The number of nitrogens with zero attached hydrogens (tertiary/aromatic N) is 3. The number of aromatic nitrogens is 2. The van der Waals surface area contributed by atoms with Crippen LogP contribution >= 0.6 is 11.8 Å². The smallest absolute Gasteiger partial charge is 0.401 e. The molecule has 1 aliphatic carbocycles. The van der Waals surface area contributed by atoms with Crippen LogP contribution in [-0.4, -0.2) is 83.9 Å². The van der Waals surface area contributed by atoms with Gasteiger partial charge >= 0.3 is 6.18 Å². The Morgan fingerprint density at radius 2 is 1.77 bits per heavy atom. The van der Waals surface area contributed by atoms with E-state index in [1.54, 1.807) is 12.3 Å². The van der Waals surface area contributed by atoms with Gasteiger partial charge in [-0.05, 0) is 90.9 Å². The van der Waals surface area contributed by atoms with Gasteiger partial charge in [0.1, 0.15) is 5.82 Å². The van der Waals surface area contributed by atoms with E-state index in [1.165, 1.54) is 23.7 Å². The van der Waals surface area contributed by atoms with Gasteiger partial charge in [0, 0.05) is 83.1 Å². The molecule has 6 rings (SSSR count). The number of nitrogens with one attached hydrogen (secondary N) is 2. The van der Waals surface area contributed by atoms with E-state index in [0.29, 0.717) is 72.5 Å². The van der Waals surface area contributed by atoms with Crippen LogP contribution in [-0.2, 0) is 11.3 Å². The van der Waals surface area contributed by atoms with E-state index < -0.39 is 18.5 Å². The molecule has 0 radical (unpaired) electrons. The van der Waals surface area contributed by atoms with E-state index >= 15 is 0 Å². The lowest BCUT2D eigenvalue weighted by Crippen LogP contribution is -2.48. The highest BCUT2D eigenvalue weighted by molar-refractivity contribution is 7.98. The molecule has 4 heterocycles. The maximum Gasteiger partial charge on any atom is 0.401 e. The number of carbonyl (C=O) groups is 1. The Hall–Kier alpha value is -3.75. The predicted molar refractivity (Wildman–Crippen MR) is 195 cm³/mol. The van der Waals surface area contributed by atoms with Gasteiger partial charge in [0.25, 0.3) is 17.3 Å². The summed E-state index contributed by atoms with van der Waals surface area (Å²) in [5, 5.41) is 2.95. The summed E-state index contributed by atoms with van der Waals surface area (Å²) in [5.74, 6) is 0.189. The molecule has 0 spiro atoms. The number of halogens is 3. The van der Waals surface area contributed by atoms with Crippen LogP contribution in [0.15, 0.2) is 40.2 Å². The fourth-order valence-corrected chi connectivity index (χ4v) is 8.56. The largest absolute Gasteiger partial charge is 0.448 e. The molecule has 0 bridgehead atoms. The van der Waals surface area contributed by atoms with Crippen LogP contribution < -0.4 is 25.2 Å². The van der Waals surface area contributed by atoms with Crippen LogP contribution in [0, 0.1) is 19.8 Å². The number of rotatable bonds is 9. The second-order valence-corrected chi connectivity index (χ2v) is 15.4. The number of H-pyrrole nitrogens is 1. The lowest BCUT2D eigenvalue weighted by Gasteiger charge is -2.40. The van der Waals surface area contributed by atoms with Gasteiger partial charge in [-0.3, -0.25) is 14.5 Å². The first-order chi connectivity index (χ1) is 24.5. The SMILES string of the molecule is CSc1cc(C)[nH]c(=O)c1CNC(=O)c1cc(-c2ccc(N3C[C@@H](C)O[C@@H](C)C3)nc2)c2c(c1C)O[C@@](C)(C1CCC(N(C)CC(F)(F)F)CC1)O2. The summed E-state index contributed by atoms with van der Waals surface area (Å²) >= 11 is 1.44. The molecule has 3 aromatic rings. The summed E-state index contributed by atoms with van der Waals surface area (Å²) in [5.41, 5.74) is 3.28. The first kappa shape index (κ1) is 38.0. The number of thioether (sulfide) groups is 1. The number of carbonyl (C=O) groups excluding carboxylic acids is 1. The molecule has 1 amide bonds. The Morgan fingerprint density at radius 1 is 1.10 bits per heavy atom. The number of anilines is 1. The minimum Gasteiger partial charge on any atom is -0.448 e. The molecule has 1 aromatic carbocycles. The molecule has 3 atom stereocenters. The van der Waals surface area contributed by atoms with Gasteiger partial charge in [-0.15, -0.1) is 11.8 Å². The second-order valence-electron chi connectivity index (χ2n) is 14.6. The minimum atomic E-state index is -4.26. The van der Waals surface area contributed by atoms with Crippen LogP contribution in [0.25, 0.3) is 11.1 Å². The number of ether oxygens (including phenoxy) is 3. The van der Waals surface area contributed by atoms with Gasteiger partial charge in [-0.2, -0.15) is 13.2 Å². The van der Waals surface area contributed by atoms with Gasteiger partial charge in [0.2, 0.25) is 0 Å². The van der Waals surface area contributed by atoms with Gasteiger partial charge in [-0.25, -0.2) is 4.98 Å². The van der Waals surface area contributed by atoms with Crippen LogP contribution in [0.4, 0.5) is 19.0 Å². The molecular weight excluding hydrogens is 696 g/mol. The number of pyridine rings is 2. The second kappa shape index (κ2) is 14.9. The number of aromatic amines is 1. The van der Waals surface area contributed by atoms with Crippen molar-refractivity contribution in [1.82, 2.24) is 20.2 Å². The van der Waals surface area contributed by atoms with Crippen molar-refractivity contribution in [2.45, 2.75) is 102 Å². The highest BCUT2D eigenvalue weighted by atomic mass is 32.2. The molecule has 2 aliphatic heterocycles. The number of benzene rings is 1. The molecule has 2 aromatic heterocycles. The topological polar surface area (TPSA) is 109 Å². The zero-order valence-corrected chi connectivity index (χ0v) is 31.6. The van der Waals surface area contributed by atoms with Gasteiger partial charge in [-0.1, -0.05) is 0 Å². The number of hydrogen-bond acceptors (Lipinski definition) is 9. The third-order valence-electron chi connectivity index (χ3n) is 10.5. The van der Waals surface area contributed by atoms with Crippen LogP contribution in [0.3, 0.4) is 0 Å². The quantitative estimate of drug-likeness (QED) is 0.227. The highest BCUT2D eigenvalue weighted by Crippen LogP contribution is 2.53. The Kier molecular flexibility index (Phi) is 10.9. The summed E-state index contributed by atoms with van der Waals surface area (Å²) < 4.78 is 58.6. The number of hydrogen-bond donors (Lipinski definition) is 2. The molecule has 14 heteroatoms. The Balaban J connectivity index is 1.30. The molecule has 282 valence electrons. The average molecular weight is 744 g/mol. The Bertz CT molecular complexity index is 1840. The van der Waals surface area contributed by atoms with E-state index in [2.05, 4.69) is 15.2 Å². The van der Waals surface area contributed by atoms with Crippen molar-refractivity contribution in [3.8, 4) is 22.6 Å². The number of alkyl halides is 3. The fourth-order valence-electron chi connectivity index (χ4n) is 7.85. The standard InChI is InChI=1S/C38H48F3N5O5S/c1-21-14-31(52-7)30(36(48)44-21)17-43-35(47)28-15-29(25-8-13-32(42-16-25)46-18-22(2)49-23(3)19-46)34-33(24(28)4)50-37(5,51-34)26-9-11-27(12-10-26)45(6)20-38(39,40)41/h8,13-16,22-23,26-27H,9-12,17-20H2,1-7H3,(H,43,47)(H,44,48)/t22-,23+,26?,27?,37-/m1/s1. The summed E-state index contributed by atoms with van der Waals surface area (Å²) in [6, 6.07) is 7.39. The number of aryl methyl sites for hydroxylation is 1. The summed E-state index contributed by atoms with van der Waals surface area (Å²) in [7, 11) is 1.53. The number of fused-ring (bicyclic) bond motifs is 1. The minimum absolute atomic E-state index is 0.0320. The molecular formula is C38H48F3N5O5S. The third-order valence-corrected chi connectivity index (χ3v) is 11.3. The van der Waals surface area contributed by atoms with E-state index in [-0.39, 0.29) is 42.2 Å². The van der Waals surface area contributed by atoms with Crippen LogP contribution in [0.1, 0.15) is 73.6 Å². The molecule has 2 N–H and O–H groups in total. The average Bonchev–Trinajstić information content (AvgIpc) is 3.45. The monoisotopic (exact) mass is 743 g/mol. The van der Waals surface area contributed by atoms with Crippen molar-refractivity contribution in [1.29, 1.82) is 0 Å². The predicted octanol–water partition coefficient (Wildman–Crippen LogP) is 6.86. The van der Waals surface area contributed by atoms with E-state index in [4.69, 9.17) is 19.2 Å². The number of amides is 1. The first-order valence-electron chi connectivity index (χ1n) is 17.8. The van der Waals surface area contributed by atoms with E-state index in [9.17, 15) is 22.8 Å². The Morgan fingerprint density at radius 3 is 2.38 bits per heavy atom. The normalized spacial score (nSPS) is 24.7. The first-order valence-corrected chi connectivity index (χ1v) is 19.0.